The molecular formula is C12H17F3N2O4. The molecule has 120 valence electrons. The molecule has 0 aliphatic heterocycles. The minimum absolute atomic E-state index is 0.00767. The first-order valence-corrected chi connectivity index (χ1v) is 6.24. The first kappa shape index (κ1) is 17.4. The fraction of sp³-hybridized carbons (Fsp3) is 0.750. The lowest BCUT2D eigenvalue weighted by atomic mass is 9.76. The summed E-state index contributed by atoms with van der Waals surface area (Å²) in [4.78, 5) is 15.2. The highest BCUT2D eigenvalue weighted by molar-refractivity contribution is 5.74. The van der Waals surface area contributed by atoms with Gasteiger partial charge in [-0.25, -0.2) is 0 Å². The SMILES string of the molecule is CC(C)C(C)(Cc1nc(COCC(F)(F)F)no1)C(=O)O. The summed E-state index contributed by atoms with van der Waals surface area (Å²) in [6, 6.07) is 0. The zero-order chi connectivity index (χ0) is 16.3. The number of alkyl halides is 3. The van der Waals surface area contributed by atoms with E-state index in [1.807, 2.05) is 0 Å². The van der Waals surface area contributed by atoms with Gasteiger partial charge in [0.25, 0.3) is 0 Å². The van der Waals surface area contributed by atoms with Crippen LogP contribution in [0.15, 0.2) is 4.52 Å². The molecule has 9 heteroatoms. The normalized spacial score (nSPS) is 15.2. The van der Waals surface area contributed by atoms with Gasteiger partial charge >= 0.3 is 12.1 Å². The molecule has 1 unspecified atom stereocenters. The van der Waals surface area contributed by atoms with Crippen LogP contribution in [-0.4, -0.2) is 34.0 Å². The van der Waals surface area contributed by atoms with Crippen molar-refractivity contribution in [1.82, 2.24) is 10.1 Å². The van der Waals surface area contributed by atoms with Crippen LogP contribution in [0.5, 0.6) is 0 Å². The van der Waals surface area contributed by atoms with Crippen molar-refractivity contribution in [2.24, 2.45) is 11.3 Å². The predicted octanol–water partition coefficient (Wildman–Crippen LogP) is 2.44. The summed E-state index contributed by atoms with van der Waals surface area (Å²) in [6.07, 6.45) is -4.43. The fourth-order valence-corrected chi connectivity index (χ4v) is 1.52. The standard InChI is InChI=1S/C12H17F3N2O4/c1-7(2)11(3,10(18)19)4-9-16-8(17-21-9)5-20-6-12(13,14)15/h7H,4-6H2,1-3H3,(H,18,19). The molecule has 0 aromatic carbocycles. The third-order valence-electron chi connectivity index (χ3n) is 3.29. The Kier molecular flexibility index (Phi) is 5.32. The molecule has 0 aliphatic carbocycles. The molecule has 0 saturated carbocycles. The molecule has 1 heterocycles. The number of carbonyl (C=O) groups is 1. The number of halogens is 3. The molecule has 0 spiro atoms. The Morgan fingerprint density at radius 1 is 1.43 bits per heavy atom. The smallest absolute Gasteiger partial charge is 0.411 e. The predicted molar refractivity (Wildman–Crippen MR) is 64.3 cm³/mol. The number of hydrogen-bond acceptors (Lipinski definition) is 5. The number of hydrogen-bond donors (Lipinski definition) is 1. The second kappa shape index (κ2) is 6.42. The van der Waals surface area contributed by atoms with E-state index in [1.165, 1.54) is 0 Å². The first-order valence-electron chi connectivity index (χ1n) is 6.24. The highest BCUT2D eigenvalue weighted by Crippen LogP contribution is 2.31. The van der Waals surface area contributed by atoms with Crippen LogP contribution in [0.4, 0.5) is 13.2 Å². The lowest BCUT2D eigenvalue weighted by molar-refractivity contribution is -0.177. The zero-order valence-electron chi connectivity index (χ0n) is 11.9. The summed E-state index contributed by atoms with van der Waals surface area (Å²) in [7, 11) is 0. The summed E-state index contributed by atoms with van der Waals surface area (Å²) in [5.41, 5.74) is -1.10. The van der Waals surface area contributed by atoms with Gasteiger partial charge in [-0.05, 0) is 12.8 Å². The summed E-state index contributed by atoms with van der Waals surface area (Å²) in [5, 5.41) is 12.7. The highest BCUT2D eigenvalue weighted by atomic mass is 19.4. The lowest BCUT2D eigenvalue weighted by Gasteiger charge is -2.27. The lowest BCUT2D eigenvalue weighted by Crippen LogP contribution is -2.35. The van der Waals surface area contributed by atoms with Gasteiger partial charge in [0.15, 0.2) is 5.82 Å². The van der Waals surface area contributed by atoms with E-state index >= 15 is 0 Å². The zero-order valence-corrected chi connectivity index (χ0v) is 11.9. The number of rotatable bonds is 7. The van der Waals surface area contributed by atoms with Crippen molar-refractivity contribution in [3.63, 3.8) is 0 Å². The monoisotopic (exact) mass is 310 g/mol. The van der Waals surface area contributed by atoms with Crippen molar-refractivity contribution in [2.45, 2.75) is 40.0 Å². The molecule has 0 saturated heterocycles. The number of ether oxygens (including phenoxy) is 1. The maximum absolute atomic E-state index is 11.9. The molecule has 1 aromatic rings. The van der Waals surface area contributed by atoms with E-state index in [1.54, 1.807) is 20.8 Å². The summed E-state index contributed by atoms with van der Waals surface area (Å²) >= 11 is 0. The van der Waals surface area contributed by atoms with Crippen molar-refractivity contribution in [3.05, 3.63) is 11.7 Å². The quantitative estimate of drug-likeness (QED) is 0.832. The van der Waals surface area contributed by atoms with Crippen LogP contribution in [-0.2, 0) is 22.6 Å². The molecule has 1 aromatic heterocycles. The fourth-order valence-electron chi connectivity index (χ4n) is 1.52. The van der Waals surface area contributed by atoms with E-state index in [0.717, 1.165) is 0 Å². The Labute approximate surface area is 119 Å². The van der Waals surface area contributed by atoms with Gasteiger partial charge < -0.3 is 14.4 Å². The number of carboxylic acid groups (broad SMARTS) is 1. The Bertz CT molecular complexity index is 487. The molecule has 6 nitrogen and oxygen atoms in total. The molecule has 0 fully saturated rings. The second-order valence-corrected chi connectivity index (χ2v) is 5.27. The van der Waals surface area contributed by atoms with Crippen LogP contribution in [0.3, 0.4) is 0 Å². The molecular weight excluding hydrogens is 293 g/mol. The largest absolute Gasteiger partial charge is 0.481 e. The minimum Gasteiger partial charge on any atom is -0.481 e. The number of nitrogens with zero attached hydrogens (tertiary/aromatic N) is 2. The van der Waals surface area contributed by atoms with Gasteiger partial charge in [-0.15, -0.1) is 0 Å². The van der Waals surface area contributed by atoms with Gasteiger partial charge in [-0.3, -0.25) is 4.79 Å². The van der Waals surface area contributed by atoms with E-state index < -0.39 is 30.8 Å². The van der Waals surface area contributed by atoms with Crippen LogP contribution in [0.25, 0.3) is 0 Å². The van der Waals surface area contributed by atoms with Gasteiger partial charge in [0.2, 0.25) is 5.89 Å². The maximum Gasteiger partial charge on any atom is 0.411 e. The van der Waals surface area contributed by atoms with Gasteiger partial charge in [-0.2, -0.15) is 18.2 Å². The highest BCUT2D eigenvalue weighted by Gasteiger charge is 2.38. The van der Waals surface area contributed by atoms with Gasteiger partial charge in [0, 0.05) is 6.42 Å². The van der Waals surface area contributed by atoms with Crippen molar-refractivity contribution in [1.29, 1.82) is 0 Å². The Hall–Kier alpha value is -1.64. The van der Waals surface area contributed by atoms with Crippen LogP contribution >= 0.6 is 0 Å². The van der Waals surface area contributed by atoms with Crippen molar-refractivity contribution in [2.75, 3.05) is 6.61 Å². The summed E-state index contributed by atoms with van der Waals surface area (Å²) < 4.78 is 45.0. The average molecular weight is 310 g/mol. The Morgan fingerprint density at radius 3 is 2.52 bits per heavy atom. The third-order valence-corrected chi connectivity index (χ3v) is 3.29. The molecule has 0 bridgehead atoms. The number of aromatic nitrogens is 2. The number of carboxylic acids is 1. The van der Waals surface area contributed by atoms with E-state index in [9.17, 15) is 23.1 Å². The second-order valence-electron chi connectivity index (χ2n) is 5.27. The van der Waals surface area contributed by atoms with E-state index in [0.29, 0.717) is 0 Å². The van der Waals surface area contributed by atoms with Crippen LogP contribution < -0.4 is 0 Å². The minimum atomic E-state index is -4.42. The van der Waals surface area contributed by atoms with E-state index in [2.05, 4.69) is 14.9 Å². The van der Waals surface area contributed by atoms with E-state index in [-0.39, 0.29) is 24.1 Å². The average Bonchev–Trinajstić information content (AvgIpc) is 2.74. The first-order chi connectivity index (χ1) is 9.54. The molecule has 0 amide bonds. The van der Waals surface area contributed by atoms with E-state index in [4.69, 9.17) is 4.52 Å². The molecule has 1 rings (SSSR count). The van der Waals surface area contributed by atoms with Gasteiger partial charge in [0.05, 0.1) is 5.41 Å². The molecule has 1 N–H and O–H groups in total. The maximum atomic E-state index is 11.9. The Balaban J connectivity index is 2.65. The topological polar surface area (TPSA) is 85.5 Å². The molecule has 1 atom stereocenters. The molecule has 0 aliphatic rings. The van der Waals surface area contributed by atoms with Gasteiger partial charge in [-0.1, -0.05) is 19.0 Å². The third kappa shape index (κ3) is 5.00. The van der Waals surface area contributed by atoms with Crippen molar-refractivity contribution >= 4 is 5.97 Å². The van der Waals surface area contributed by atoms with Crippen molar-refractivity contribution in [3.8, 4) is 0 Å². The number of aliphatic carboxylic acids is 1. The van der Waals surface area contributed by atoms with Crippen LogP contribution in [0.2, 0.25) is 0 Å². The molecule has 21 heavy (non-hydrogen) atoms. The van der Waals surface area contributed by atoms with Crippen LogP contribution in [0, 0.1) is 11.3 Å². The van der Waals surface area contributed by atoms with Crippen LogP contribution in [0.1, 0.15) is 32.5 Å². The molecule has 0 radical (unpaired) electrons. The van der Waals surface area contributed by atoms with Gasteiger partial charge in [0.1, 0.15) is 13.2 Å². The van der Waals surface area contributed by atoms with Crippen molar-refractivity contribution < 1.29 is 32.3 Å². The summed E-state index contributed by atoms with van der Waals surface area (Å²) in [5.74, 6) is -1.19. The Morgan fingerprint density at radius 2 is 2.05 bits per heavy atom. The summed E-state index contributed by atoms with van der Waals surface area (Å²) in [6.45, 7) is 3.18.